The first kappa shape index (κ1) is 20.4. The number of nitrogens with zero attached hydrogens (tertiary/aromatic N) is 2. The van der Waals surface area contributed by atoms with Gasteiger partial charge >= 0.3 is 0 Å². The van der Waals surface area contributed by atoms with E-state index in [9.17, 15) is 9.59 Å². The summed E-state index contributed by atoms with van der Waals surface area (Å²) in [7, 11) is 0. The van der Waals surface area contributed by atoms with Gasteiger partial charge in [-0.3, -0.25) is 9.59 Å². The lowest BCUT2D eigenvalue weighted by Gasteiger charge is -2.32. The summed E-state index contributed by atoms with van der Waals surface area (Å²) in [6.07, 6.45) is 1.26. The third-order valence-corrected chi connectivity index (χ3v) is 5.73. The number of likely N-dealkylation sites (tertiary alicyclic amines) is 1. The number of benzene rings is 2. The first-order valence-corrected chi connectivity index (χ1v) is 10.3. The molecule has 1 saturated heterocycles. The van der Waals surface area contributed by atoms with E-state index in [2.05, 4.69) is 10.5 Å². The summed E-state index contributed by atoms with van der Waals surface area (Å²) < 4.78 is 5.29. The number of hydrogen-bond acceptors (Lipinski definition) is 4. The molecule has 1 aliphatic heterocycles. The SMILES string of the molecule is O=C(NC1CCN(C(=O)c2c(Cl)cccc2Cl)CC1)c1cc(-c2ccccc2)on1. The van der Waals surface area contributed by atoms with Gasteiger partial charge in [-0.2, -0.15) is 0 Å². The van der Waals surface area contributed by atoms with Gasteiger partial charge in [-0.1, -0.05) is 64.8 Å². The van der Waals surface area contributed by atoms with E-state index in [1.807, 2.05) is 30.3 Å². The molecule has 30 heavy (non-hydrogen) atoms. The van der Waals surface area contributed by atoms with Crippen LogP contribution in [0.4, 0.5) is 0 Å². The van der Waals surface area contributed by atoms with Crippen LogP contribution in [-0.4, -0.2) is 41.0 Å². The van der Waals surface area contributed by atoms with Gasteiger partial charge in [0.15, 0.2) is 11.5 Å². The second kappa shape index (κ2) is 8.90. The lowest BCUT2D eigenvalue weighted by atomic mass is 10.0. The maximum Gasteiger partial charge on any atom is 0.273 e. The minimum absolute atomic E-state index is 0.0554. The first-order valence-electron chi connectivity index (χ1n) is 9.59. The second-order valence-electron chi connectivity index (χ2n) is 7.08. The number of hydrogen-bond donors (Lipinski definition) is 1. The number of rotatable bonds is 4. The third-order valence-electron chi connectivity index (χ3n) is 5.10. The average Bonchev–Trinajstić information content (AvgIpc) is 3.25. The molecule has 0 unspecified atom stereocenters. The standard InChI is InChI=1S/C22H19Cl2N3O3/c23-16-7-4-8-17(24)20(16)22(29)27-11-9-15(10-12-27)25-21(28)18-13-19(30-26-18)14-5-2-1-3-6-14/h1-8,13,15H,9-12H2,(H,25,28). The Morgan fingerprint density at radius 3 is 2.33 bits per heavy atom. The lowest BCUT2D eigenvalue weighted by Crippen LogP contribution is -2.46. The fourth-order valence-corrected chi connectivity index (χ4v) is 4.03. The van der Waals surface area contributed by atoms with Crippen molar-refractivity contribution in [3.05, 3.63) is 75.9 Å². The molecule has 154 valence electrons. The molecule has 4 rings (SSSR count). The molecule has 0 radical (unpaired) electrons. The summed E-state index contributed by atoms with van der Waals surface area (Å²) in [6.45, 7) is 0.999. The molecular weight excluding hydrogens is 425 g/mol. The van der Waals surface area contributed by atoms with E-state index < -0.39 is 0 Å². The number of aromatic nitrogens is 1. The molecule has 1 fully saturated rings. The Morgan fingerprint density at radius 2 is 1.67 bits per heavy atom. The van der Waals surface area contributed by atoms with Crippen LogP contribution in [0, 0.1) is 0 Å². The molecule has 8 heteroatoms. The zero-order chi connectivity index (χ0) is 21.1. The van der Waals surface area contributed by atoms with E-state index in [1.54, 1.807) is 29.2 Å². The van der Waals surface area contributed by atoms with Crippen molar-refractivity contribution < 1.29 is 14.1 Å². The van der Waals surface area contributed by atoms with Gasteiger partial charge in [0.1, 0.15) is 0 Å². The Morgan fingerprint density at radius 1 is 1.00 bits per heavy atom. The highest BCUT2D eigenvalue weighted by Gasteiger charge is 2.27. The van der Waals surface area contributed by atoms with E-state index in [4.69, 9.17) is 27.7 Å². The van der Waals surface area contributed by atoms with Crippen LogP contribution < -0.4 is 5.32 Å². The predicted octanol–water partition coefficient (Wildman–Crippen LogP) is 4.68. The van der Waals surface area contributed by atoms with E-state index in [-0.39, 0.29) is 23.6 Å². The number of carbonyl (C=O) groups is 2. The maximum absolute atomic E-state index is 12.8. The molecule has 0 aliphatic carbocycles. The van der Waals surface area contributed by atoms with Crippen LogP contribution in [0.1, 0.15) is 33.7 Å². The molecule has 1 aromatic heterocycles. The first-order chi connectivity index (χ1) is 14.5. The smallest absolute Gasteiger partial charge is 0.273 e. The topological polar surface area (TPSA) is 75.4 Å². The van der Waals surface area contributed by atoms with Crippen LogP contribution in [0.15, 0.2) is 59.1 Å². The van der Waals surface area contributed by atoms with Crippen molar-refractivity contribution in [1.29, 1.82) is 0 Å². The minimum atomic E-state index is -0.292. The molecular formula is C22H19Cl2N3O3. The molecule has 0 bridgehead atoms. The molecule has 2 heterocycles. The van der Waals surface area contributed by atoms with E-state index >= 15 is 0 Å². The number of halogens is 2. The van der Waals surface area contributed by atoms with Gasteiger partial charge in [0.05, 0.1) is 15.6 Å². The van der Waals surface area contributed by atoms with Crippen molar-refractivity contribution in [1.82, 2.24) is 15.4 Å². The number of piperidine rings is 1. The van der Waals surface area contributed by atoms with Gasteiger partial charge in [-0.25, -0.2) is 0 Å². The molecule has 6 nitrogen and oxygen atoms in total. The Bertz CT molecular complexity index is 1040. The molecule has 2 amide bonds. The van der Waals surface area contributed by atoms with Crippen LogP contribution in [0.2, 0.25) is 10.0 Å². The van der Waals surface area contributed by atoms with Gasteiger partial charge in [0.25, 0.3) is 11.8 Å². The number of nitrogens with one attached hydrogen (secondary N) is 1. The summed E-state index contributed by atoms with van der Waals surface area (Å²) in [5, 5.41) is 7.52. The molecule has 2 aromatic carbocycles. The van der Waals surface area contributed by atoms with Gasteiger partial charge in [0.2, 0.25) is 0 Å². The number of carbonyl (C=O) groups excluding carboxylic acids is 2. The zero-order valence-corrected chi connectivity index (χ0v) is 17.5. The summed E-state index contributed by atoms with van der Waals surface area (Å²) in [6, 6.07) is 16.0. The van der Waals surface area contributed by atoms with Gasteiger partial charge in [0, 0.05) is 30.8 Å². The van der Waals surface area contributed by atoms with E-state index in [0.29, 0.717) is 47.3 Å². The molecule has 1 aliphatic rings. The summed E-state index contributed by atoms with van der Waals surface area (Å²) in [5.41, 5.74) is 1.41. The maximum atomic E-state index is 12.8. The molecule has 0 saturated carbocycles. The Hall–Kier alpha value is -2.83. The van der Waals surface area contributed by atoms with Crippen LogP contribution in [0.5, 0.6) is 0 Å². The monoisotopic (exact) mass is 443 g/mol. The molecule has 0 atom stereocenters. The summed E-state index contributed by atoms with van der Waals surface area (Å²) in [5.74, 6) is 0.0528. The van der Waals surface area contributed by atoms with Gasteiger partial charge in [-0.15, -0.1) is 0 Å². The van der Waals surface area contributed by atoms with Crippen LogP contribution in [-0.2, 0) is 0 Å². The van der Waals surface area contributed by atoms with E-state index in [0.717, 1.165) is 5.56 Å². The molecule has 0 spiro atoms. The minimum Gasteiger partial charge on any atom is -0.355 e. The quantitative estimate of drug-likeness (QED) is 0.634. The highest BCUT2D eigenvalue weighted by molar-refractivity contribution is 6.39. The number of amides is 2. The fraction of sp³-hybridized carbons (Fsp3) is 0.227. The van der Waals surface area contributed by atoms with Crippen LogP contribution in [0.3, 0.4) is 0 Å². The van der Waals surface area contributed by atoms with Gasteiger partial charge in [-0.05, 0) is 25.0 Å². The van der Waals surface area contributed by atoms with Crippen LogP contribution >= 0.6 is 23.2 Å². The predicted molar refractivity (Wildman–Crippen MR) is 115 cm³/mol. The Kier molecular flexibility index (Phi) is 6.06. The van der Waals surface area contributed by atoms with Crippen molar-refractivity contribution >= 4 is 35.0 Å². The van der Waals surface area contributed by atoms with Crippen molar-refractivity contribution in [3.63, 3.8) is 0 Å². The highest BCUT2D eigenvalue weighted by atomic mass is 35.5. The second-order valence-corrected chi connectivity index (χ2v) is 7.89. The highest BCUT2D eigenvalue weighted by Crippen LogP contribution is 2.27. The van der Waals surface area contributed by atoms with Crippen LogP contribution in [0.25, 0.3) is 11.3 Å². The van der Waals surface area contributed by atoms with Crippen molar-refractivity contribution in [2.24, 2.45) is 0 Å². The van der Waals surface area contributed by atoms with Gasteiger partial charge < -0.3 is 14.7 Å². The summed E-state index contributed by atoms with van der Waals surface area (Å²) >= 11 is 12.3. The largest absolute Gasteiger partial charge is 0.355 e. The molecule has 1 N–H and O–H groups in total. The molecule has 3 aromatic rings. The Balaban J connectivity index is 1.34. The zero-order valence-electron chi connectivity index (χ0n) is 16.0. The summed E-state index contributed by atoms with van der Waals surface area (Å²) in [4.78, 5) is 27.0. The van der Waals surface area contributed by atoms with Crippen molar-refractivity contribution in [2.75, 3.05) is 13.1 Å². The van der Waals surface area contributed by atoms with E-state index in [1.165, 1.54) is 0 Å². The Labute approximate surface area is 183 Å². The van der Waals surface area contributed by atoms with Crippen molar-refractivity contribution in [3.8, 4) is 11.3 Å². The third kappa shape index (κ3) is 4.35. The average molecular weight is 444 g/mol. The normalized spacial score (nSPS) is 14.5. The fourth-order valence-electron chi connectivity index (χ4n) is 3.47. The lowest BCUT2D eigenvalue weighted by molar-refractivity contribution is 0.0698. The van der Waals surface area contributed by atoms with Crippen molar-refractivity contribution in [2.45, 2.75) is 18.9 Å².